The zero-order chi connectivity index (χ0) is 13.8. The molecular weight excluding hydrogens is 259 g/mol. The topological polar surface area (TPSA) is 64.3 Å². The standard InChI is InChI=1S/C12H16ClFN2O2/c1-12(2,15)7-16-11(17)6-18-10-4-3-8(14)5-9(10)13/h3-5H,6-7,15H2,1-2H3,(H,16,17). The average molecular weight is 275 g/mol. The summed E-state index contributed by atoms with van der Waals surface area (Å²) in [7, 11) is 0. The van der Waals surface area contributed by atoms with Crippen molar-refractivity contribution in [1.29, 1.82) is 0 Å². The van der Waals surface area contributed by atoms with Crippen molar-refractivity contribution in [3.8, 4) is 5.75 Å². The molecule has 0 saturated heterocycles. The number of hydrogen-bond donors (Lipinski definition) is 2. The molecule has 0 bridgehead atoms. The Balaban J connectivity index is 2.43. The summed E-state index contributed by atoms with van der Waals surface area (Å²) in [6.45, 7) is 3.74. The molecule has 4 nitrogen and oxygen atoms in total. The molecule has 1 aromatic rings. The Morgan fingerprint density at radius 3 is 2.78 bits per heavy atom. The van der Waals surface area contributed by atoms with Gasteiger partial charge in [-0.3, -0.25) is 4.79 Å². The molecule has 1 aromatic carbocycles. The van der Waals surface area contributed by atoms with Crippen molar-refractivity contribution in [3.05, 3.63) is 29.0 Å². The van der Waals surface area contributed by atoms with Crippen LogP contribution in [0.3, 0.4) is 0 Å². The highest BCUT2D eigenvalue weighted by molar-refractivity contribution is 6.32. The van der Waals surface area contributed by atoms with Gasteiger partial charge in [-0.2, -0.15) is 0 Å². The van der Waals surface area contributed by atoms with Gasteiger partial charge in [-0.1, -0.05) is 11.6 Å². The van der Waals surface area contributed by atoms with E-state index >= 15 is 0 Å². The Morgan fingerprint density at radius 1 is 1.56 bits per heavy atom. The van der Waals surface area contributed by atoms with Crippen LogP contribution < -0.4 is 15.8 Å². The van der Waals surface area contributed by atoms with Gasteiger partial charge in [0.05, 0.1) is 5.02 Å². The smallest absolute Gasteiger partial charge is 0.258 e. The van der Waals surface area contributed by atoms with Crippen LogP contribution in [0.2, 0.25) is 5.02 Å². The van der Waals surface area contributed by atoms with E-state index in [9.17, 15) is 9.18 Å². The predicted octanol–water partition coefficient (Wildman–Crippen LogP) is 1.71. The molecule has 18 heavy (non-hydrogen) atoms. The lowest BCUT2D eigenvalue weighted by Crippen LogP contribution is -2.46. The lowest BCUT2D eigenvalue weighted by molar-refractivity contribution is -0.123. The fraction of sp³-hybridized carbons (Fsp3) is 0.417. The zero-order valence-electron chi connectivity index (χ0n) is 10.3. The number of rotatable bonds is 5. The molecule has 0 atom stereocenters. The molecule has 0 spiro atoms. The summed E-state index contributed by atoms with van der Waals surface area (Å²) in [5.41, 5.74) is 5.23. The van der Waals surface area contributed by atoms with Crippen LogP contribution in [0.5, 0.6) is 5.75 Å². The van der Waals surface area contributed by atoms with Gasteiger partial charge in [0.2, 0.25) is 0 Å². The minimum atomic E-state index is -0.483. The predicted molar refractivity (Wildman–Crippen MR) is 68.2 cm³/mol. The first kappa shape index (κ1) is 14.7. The lowest BCUT2D eigenvalue weighted by atomic mass is 10.1. The first-order chi connectivity index (χ1) is 8.28. The van der Waals surface area contributed by atoms with Crippen molar-refractivity contribution in [2.45, 2.75) is 19.4 Å². The Morgan fingerprint density at radius 2 is 2.22 bits per heavy atom. The van der Waals surface area contributed by atoms with Crippen LogP contribution in [0.4, 0.5) is 4.39 Å². The Hall–Kier alpha value is -1.33. The van der Waals surface area contributed by atoms with Gasteiger partial charge in [0.15, 0.2) is 6.61 Å². The molecular formula is C12H16ClFN2O2. The number of ether oxygens (including phenoxy) is 1. The van der Waals surface area contributed by atoms with Crippen molar-refractivity contribution >= 4 is 17.5 Å². The number of benzene rings is 1. The number of nitrogens with two attached hydrogens (primary N) is 1. The van der Waals surface area contributed by atoms with Crippen LogP contribution in [0.15, 0.2) is 18.2 Å². The minimum Gasteiger partial charge on any atom is -0.482 e. The maximum absolute atomic E-state index is 12.8. The van der Waals surface area contributed by atoms with E-state index in [1.54, 1.807) is 13.8 Å². The van der Waals surface area contributed by atoms with Crippen molar-refractivity contribution in [1.82, 2.24) is 5.32 Å². The molecule has 0 saturated carbocycles. The van der Waals surface area contributed by atoms with Crippen LogP contribution in [-0.2, 0) is 4.79 Å². The van der Waals surface area contributed by atoms with E-state index in [1.807, 2.05) is 0 Å². The molecule has 1 amide bonds. The van der Waals surface area contributed by atoms with E-state index in [-0.39, 0.29) is 23.3 Å². The van der Waals surface area contributed by atoms with E-state index in [4.69, 9.17) is 22.1 Å². The van der Waals surface area contributed by atoms with Crippen LogP contribution in [0, 0.1) is 5.82 Å². The van der Waals surface area contributed by atoms with Crippen molar-refractivity contribution in [2.75, 3.05) is 13.2 Å². The van der Waals surface area contributed by atoms with Crippen LogP contribution in [-0.4, -0.2) is 24.6 Å². The molecule has 0 aliphatic heterocycles. The molecule has 3 N–H and O–H groups in total. The molecule has 0 heterocycles. The number of hydrogen-bond acceptors (Lipinski definition) is 3. The van der Waals surface area contributed by atoms with Gasteiger partial charge in [-0.25, -0.2) is 4.39 Å². The number of carbonyl (C=O) groups is 1. The van der Waals surface area contributed by atoms with Crippen LogP contribution in [0.25, 0.3) is 0 Å². The van der Waals surface area contributed by atoms with Gasteiger partial charge in [0.25, 0.3) is 5.91 Å². The van der Waals surface area contributed by atoms with E-state index < -0.39 is 11.4 Å². The largest absolute Gasteiger partial charge is 0.482 e. The van der Waals surface area contributed by atoms with Crippen molar-refractivity contribution in [2.24, 2.45) is 5.73 Å². The van der Waals surface area contributed by atoms with Gasteiger partial charge in [0.1, 0.15) is 11.6 Å². The van der Waals surface area contributed by atoms with Gasteiger partial charge in [-0.05, 0) is 32.0 Å². The zero-order valence-corrected chi connectivity index (χ0v) is 11.1. The normalized spacial score (nSPS) is 11.2. The summed E-state index contributed by atoms with van der Waals surface area (Å²) >= 11 is 5.75. The van der Waals surface area contributed by atoms with Crippen molar-refractivity contribution in [3.63, 3.8) is 0 Å². The highest BCUT2D eigenvalue weighted by Gasteiger charge is 2.13. The third kappa shape index (κ3) is 5.33. The minimum absolute atomic E-state index is 0.127. The van der Waals surface area contributed by atoms with E-state index in [0.29, 0.717) is 6.54 Å². The first-order valence-corrected chi connectivity index (χ1v) is 5.79. The second-order valence-electron chi connectivity index (χ2n) is 4.63. The van der Waals surface area contributed by atoms with Gasteiger partial charge in [0, 0.05) is 12.1 Å². The van der Waals surface area contributed by atoms with Crippen molar-refractivity contribution < 1.29 is 13.9 Å². The number of amides is 1. The van der Waals surface area contributed by atoms with Gasteiger partial charge >= 0.3 is 0 Å². The summed E-state index contributed by atoms with van der Waals surface area (Å²) in [6, 6.07) is 3.71. The molecule has 0 unspecified atom stereocenters. The highest BCUT2D eigenvalue weighted by atomic mass is 35.5. The maximum Gasteiger partial charge on any atom is 0.258 e. The second kappa shape index (κ2) is 6.02. The highest BCUT2D eigenvalue weighted by Crippen LogP contribution is 2.24. The number of nitrogens with one attached hydrogen (secondary N) is 1. The average Bonchev–Trinajstić information content (AvgIpc) is 2.24. The Kier molecular flexibility index (Phi) is 4.93. The van der Waals surface area contributed by atoms with E-state index in [0.717, 1.165) is 6.07 Å². The fourth-order valence-electron chi connectivity index (χ4n) is 1.11. The Bertz CT molecular complexity index is 433. The van der Waals surface area contributed by atoms with Crippen LogP contribution in [0.1, 0.15) is 13.8 Å². The molecule has 0 aromatic heterocycles. The van der Waals surface area contributed by atoms with E-state index in [1.165, 1.54) is 12.1 Å². The van der Waals surface area contributed by atoms with E-state index in [2.05, 4.69) is 5.32 Å². The summed E-state index contributed by atoms with van der Waals surface area (Å²) in [5, 5.41) is 2.74. The molecule has 1 rings (SSSR count). The molecule has 0 radical (unpaired) electrons. The third-order valence-electron chi connectivity index (χ3n) is 1.99. The summed E-state index contributed by atoms with van der Waals surface area (Å²) < 4.78 is 17.9. The van der Waals surface area contributed by atoms with Gasteiger partial charge in [-0.15, -0.1) is 0 Å². The number of carbonyl (C=O) groups excluding carboxylic acids is 1. The molecule has 0 aliphatic carbocycles. The quantitative estimate of drug-likeness (QED) is 0.859. The Labute approximate surface area is 110 Å². The molecule has 0 aliphatic rings. The second-order valence-corrected chi connectivity index (χ2v) is 5.04. The third-order valence-corrected chi connectivity index (χ3v) is 2.29. The van der Waals surface area contributed by atoms with Crippen LogP contribution >= 0.6 is 11.6 Å². The number of halogens is 2. The fourth-order valence-corrected chi connectivity index (χ4v) is 1.33. The lowest BCUT2D eigenvalue weighted by Gasteiger charge is -2.18. The summed E-state index contributed by atoms with van der Waals surface area (Å²) in [4.78, 5) is 11.4. The molecule has 6 heteroatoms. The SMILES string of the molecule is CC(C)(N)CNC(=O)COc1ccc(F)cc1Cl. The molecule has 100 valence electrons. The first-order valence-electron chi connectivity index (χ1n) is 5.41. The summed E-state index contributed by atoms with van der Waals surface area (Å²) in [5.74, 6) is -0.504. The van der Waals surface area contributed by atoms with Gasteiger partial charge < -0.3 is 15.8 Å². The maximum atomic E-state index is 12.8. The summed E-state index contributed by atoms with van der Waals surface area (Å²) in [6.07, 6.45) is 0. The molecule has 0 fully saturated rings. The monoisotopic (exact) mass is 274 g/mol.